The molecule has 0 heterocycles. The third-order valence-corrected chi connectivity index (χ3v) is 2.60. The first-order valence-electron chi connectivity index (χ1n) is 5.56. The van der Waals surface area contributed by atoms with E-state index in [1.807, 2.05) is 0 Å². The molecule has 1 heteroatoms. The molecule has 0 fully saturated rings. The van der Waals surface area contributed by atoms with Crippen molar-refractivity contribution in [2.75, 3.05) is 0 Å². The summed E-state index contributed by atoms with van der Waals surface area (Å²) >= 11 is 0. The Hall–Kier alpha value is -0.534. The van der Waals surface area contributed by atoms with E-state index in [2.05, 4.69) is 50.3 Å². The Morgan fingerprint density at radius 1 is 0.867 bits per heavy atom. The topological polar surface area (TPSA) is 0 Å². The molecule has 0 atom stereocenters. The van der Waals surface area contributed by atoms with E-state index in [1.165, 1.54) is 25.7 Å². The Balaban J connectivity index is 0.000000245. The fourth-order valence-corrected chi connectivity index (χ4v) is 1.51. The minimum absolute atomic E-state index is 0. The van der Waals surface area contributed by atoms with Crippen LogP contribution in [0.1, 0.15) is 39.5 Å². The number of allylic oxidation sites excluding steroid dienone is 8. The van der Waals surface area contributed by atoms with E-state index in [1.54, 1.807) is 11.1 Å². The van der Waals surface area contributed by atoms with Gasteiger partial charge in [0.05, 0.1) is 0 Å². The molecule has 0 aromatic carbocycles. The van der Waals surface area contributed by atoms with Crippen molar-refractivity contribution < 1.29 is 16.8 Å². The average Bonchev–Trinajstić information content (AvgIpc) is 2.92. The van der Waals surface area contributed by atoms with Crippen molar-refractivity contribution >= 4 is 0 Å². The summed E-state index contributed by atoms with van der Waals surface area (Å²) in [6.07, 6.45) is 17.8. The normalized spacial score (nSPS) is 16.4. The largest absolute Gasteiger partial charge is 0.0805 e. The first kappa shape index (κ1) is 14.5. The van der Waals surface area contributed by atoms with Crippen molar-refractivity contribution in [3.63, 3.8) is 0 Å². The van der Waals surface area contributed by atoms with Gasteiger partial charge in [-0.2, -0.15) is 0 Å². The minimum Gasteiger partial charge on any atom is -0.0805 e. The number of hydrogen-bond acceptors (Lipinski definition) is 0. The van der Waals surface area contributed by atoms with Gasteiger partial charge in [0.15, 0.2) is 0 Å². The first-order valence-corrected chi connectivity index (χ1v) is 5.56. The van der Waals surface area contributed by atoms with E-state index < -0.39 is 0 Å². The van der Waals surface area contributed by atoms with Gasteiger partial charge in [-0.25, -0.2) is 0 Å². The molecule has 0 nitrogen and oxygen atoms in total. The van der Waals surface area contributed by atoms with Crippen LogP contribution < -0.4 is 0 Å². The maximum Gasteiger partial charge on any atom is 0 e. The monoisotopic (exact) mass is 247 g/mol. The Kier molecular flexibility index (Phi) is 8.44. The molecular formula is C14H20Co. The molecule has 85 valence electrons. The van der Waals surface area contributed by atoms with Gasteiger partial charge in [-0.3, -0.25) is 0 Å². The Labute approximate surface area is 104 Å². The molecule has 0 aromatic rings. The minimum atomic E-state index is 0. The van der Waals surface area contributed by atoms with E-state index in [-0.39, 0.29) is 16.8 Å². The van der Waals surface area contributed by atoms with E-state index in [9.17, 15) is 0 Å². The van der Waals surface area contributed by atoms with Crippen molar-refractivity contribution in [1.82, 2.24) is 0 Å². The smallest absolute Gasteiger partial charge is 0 e. The first-order chi connectivity index (χ1) is 6.86. The Bertz CT molecular complexity index is 250. The predicted molar refractivity (Wildman–Crippen MR) is 64.3 cm³/mol. The van der Waals surface area contributed by atoms with Crippen molar-refractivity contribution in [2.24, 2.45) is 0 Å². The zero-order valence-electron chi connectivity index (χ0n) is 9.63. The molecule has 2 rings (SSSR count). The number of hydrogen-bond donors (Lipinski definition) is 0. The van der Waals surface area contributed by atoms with Crippen molar-refractivity contribution in [3.8, 4) is 0 Å². The van der Waals surface area contributed by atoms with E-state index in [4.69, 9.17) is 0 Å². The van der Waals surface area contributed by atoms with Crippen LogP contribution in [-0.2, 0) is 16.8 Å². The van der Waals surface area contributed by atoms with Crippen LogP contribution in [0.3, 0.4) is 0 Å². The summed E-state index contributed by atoms with van der Waals surface area (Å²) in [4.78, 5) is 0. The van der Waals surface area contributed by atoms with Gasteiger partial charge >= 0.3 is 0 Å². The molecule has 1 radical (unpaired) electrons. The molecule has 0 aliphatic heterocycles. The van der Waals surface area contributed by atoms with Gasteiger partial charge in [-0.1, -0.05) is 61.4 Å². The van der Waals surface area contributed by atoms with Crippen LogP contribution in [0.2, 0.25) is 0 Å². The molecule has 0 unspecified atom stereocenters. The third-order valence-electron chi connectivity index (χ3n) is 2.60. The molecule has 2 aliphatic carbocycles. The average molecular weight is 247 g/mol. The van der Waals surface area contributed by atoms with E-state index in [0.717, 1.165) is 0 Å². The van der Waals surface area contributed by atoms with Gasteiger partial charge in [0.1, 0.15) is 0 Å². The van der Waals surface area contributed by atoms with Crippen LogP contribution in [0.4, 0.5) is 0 Å². The molecule has 0 saturated carbocycles. The van der Waals surface area contributed by atoms with Gasteiger partial charge < -0.3 is 0 Å². The zero-order chi connectivity index (χ0) is 10.2. The molecule has 15 heavy (non-hydrogen) atoms. The molecule has 0 aromatic heterocycles. The molecule has 2 aliphatic rings. The number of rotatable bonds is 2. The molecule has 0 spiro atoms. The van der Waals surface area contributed by atoms with Crippen molar-refractivity contribution in [2.45, 2.75) is 39.5 Å². The van der Waals surface area contributed by atoms with Crippen LogP contribution in [0.15, 0.2) is 47.6 Å². The molecular weight excluding hydrogens is 227 g/mol. The second-order valence-corrected chi connectivity index (χ2v) is 3.62. The Morgan fingerprint density at radius 2 is 1.27 bits per heavy atom. The summed E-state index contributed by atoms with van der Waals surface area (Å²) in [7, 11) is 0. The Morgan fingerprint density at radius 3 is 1.40 bits per heavy atom. The fourth-order valence-electron chi connectivity index (χ4n) is 1.51. The second kappa shape index (κ2) is 8.75. The van der Waals surface area contributed by atoms with E-state index >= 15 is 0 Å². The molecule has 0 N–H and O–H groups in total. The summed E-state index contributed by atoms with van der Waals surface area (Å²) in [5.74, 6) is 0. The van der Waals surface area contributed by atoms with Crippen LogP contribution in [0.25, 0.3) is 0 Å². The fraction of sp³-hybridized carbons (Fsp3) is 0.429. The maximum absolute atomic E-state index is 2.19. The second-order valence-electron chi connectivity index (χ2n) is 3.62. The van der Waals surface area contributed by atoms with E-state index in [0.29, 0.717) is 0 Å². The van der Waals surface area contributed by atoms with Gasteiger partial charge in [-0.15, -0.1) is 0 Å². The standard InChI is InChI=1S/2C7H10.Co/c2*1-2-7-5-3-4-6-7;/h2*3-5H,2,6H2,1H3;. The van der Waals surface area contributed by atoms with Gasteiger partial charge in [0.2, 0.25) is 0 Å². The molecule has 0 amide bonds. The SMILES string of the molecule is CCC1=CC=CC1.CCC1=CC=CC1.[Co]. The third kappa shape index (κ3) is 5.80. The summed E-state index contributed by atoms with van der Waals surface area (Å²) in [5, 5.41) is 0. The van der Waals surface area contributed by atoms with Gasteiger partial charge in [0, 0.05) is 16.8 Å². The van der Waals surface area contributed by atoms with Gasteiger partial charge in [-0.05, 0) is 25.7 Å². The summed E-state index contributed by atoms with van der Waals surface area (Å²) in [5.41, 5.74) is 3.11. The quantitative estimate of drug-likeness (QED) is 0.670. The van der Waals surface area contributed by atoms with Gasteiger partial charge in [0.25, 0.3) is 0 Å². The summed E-state index contributed by atoms with van der Waals surface area (Å²) < 4.78 is 0. The molecule has 0 saturated heterocycles. The van der Waals surface area contributed by atoms with Crippen LogP contribution in [0, 0.1) is 0 Å². The van der Waals surface area contributed by atoms with Crippen LogP contribution in [-0.4, -0.2) is 0 Å². The van der Waals surface area contributed by atoms with Crippen LogP contribution in [0.5, 0.6) is 0 Å². The van der Waals surface area contributed by atoms with Crippen molar-refractivity contribution in [3.05, 3.63) is 47.6 Å². The zero-order valence-corrected chi connectivity index (χ0v) is 10.7. The van der Waals surface area contributed by atoms with Crippen molar-refractivity contribution in [1.29, 1.82) is 0 Å². The summed E-state index contributed by atoms with van der Waals surface area (Å²) in [6, 6.07) is 0. The van der Waals surface area contributed by atoms with Crippen LogP contribution >= 0.6 is 0 Å². The molecule has 0 bridgehead atoms. The summed E-state index contributed by atoms with van der Waals surface area (Å²) in [6.45, 7) is 4.39. The maximum atomic E-state index is 2.19. The predicted octanol–water partition coefficient (Wildman–Crippen LogP) is 4.56.